The van der Waals surface area contributed by atoms with Crippen molar-refractivity contribution in [3.8, 4) is 0 Å². The predicted molar refractivity (Wildman–Crippen MR) is 65.1 cm³/mol. The highest BCUT2D eigenvalue weighted by molar-refractivity contribution is 7.09. The summed E-state index contributed by atoms with van der Waals surface area (Å²) in [5.41, 5.74) is 2.48. The van der Waals surface area contributed by atoms with E-state index in [4.69, 9.17) is 0 Å². The predicted octanol–water partition coefficient (Wildman–Crippen LogP) is 2.37. The largest absolute Gasteiger partial charge is 0.359 e. The fourth-order valence-electron chi connectivity index (χ4n) is 1.33. The van der Waals surface area contributed by atoms with Crippen molar-refractivity contribution < 1.29 is 4.92 Å². The molecule has 6 nitrogen and oxygen atoms in total. The van der Waals surface area contributed by atoms with Crippen molar-refractivity contribution in [2.75, 3.05) is 5.32 Å². The molecule has 0 unspecified atom stereocenters. The van der Waals surface area contributed by atoms with E-state index in [0.29, 0.717) is 6.54 Å². The van der Waals surface area contributed by atoms with Gasteiger partial charge in [0.1, 0.15) is 0 Å². The monoisotopic (exact) mass is 250 g/mol. The lowest BCUT2D eigenvalue weighted by molar-refractivity contribution is -0.384. The first-order valence-electron chi connectivity index (χ1n) is 4.89. The number of aryl methyl sites for hydroxylation is 1. The number of nitrogens with one attached hydrogen (secondary N) is 1. The van der Waals surface area contributed by atoms with E-state index in [2.05, 4.69) is 15.3 Å². The van der Waals surface area contributed by atoms with Gasteiger partial charge in [-0.1, -0.05) is 0 Å². The summed E-state index contributed by atoms with van der Waals surface area (Å²) in [7, 11) is 0. The van der Waals surface area contributed by atoms with Crippen LogP contribution in [-0.2, 0) is 6.54 Å². The van der Waals surface area contributed by atoms with E-state index >= 15 is 0 Å². The van der Waals surface area contributed by atoms with Crippen LogP contribution in [0.2, 0.25) is 0 Å². The van der Waals surface area contributed by atoms with Crippen molar-refractivity contribution in [3.05, 3.63) is 44.5 Å². The van der Waals surface area contributed by atoms with Crippen LogP contribution in [0.4, 0.5) is 11.5 Å². The Morgan fingerprint density at radius 3 is 3.00 bits per heavy atom. The van der Waals surface area contributed by atoms with Gasteiger partial charge in [-0.05, 0) is 12.5 Å². The molecule has 2 rings (SSSR count). The Labute approximate surface area is 102 Å². The van der Waals surface area contributed by atoms with E-state index in [-0.39, 0.29) is 11.5 Å². The quantitative estimate of drug-likeness (QED) is 0.665. The van der Waals surface area contributed by atoms with E-state index in [0.717, 1.165) is 10.4 Å². The van der Waals surface area contributed by atoms with Crippen LogP contribution < -0.4 is 5.32 Å². The summed E-state index contributed by atoms with van der Waals surface area (Å²) >= 11 is 1.49. The van der Waals surface area contributed by atoms with Crippen molar-refractivity contribution >= 4 is 22.8 Å². The Morgan fingerprint density at radius 2 is 2.35 bits per heavy atom. The van der Waals surface area contributed by atoms with Gasteiger partial charge in [0.2, 0.25) is 5.82 Å². The molecule has 0 bridgehead atoms. The third-order valence-corrected chi connectivity index (χ3v) is 2.89. The molecule has 0 fully saturated rings. The lowest BCUT2D eigenvalue weighted by atomic mass is 10.3. The Kier molecular flexibility index (Phi) is 3.29. The van der Waals surface area contributed by atoms with Crippen molar-refractivity contribution in [3.63, 3.8) is 0 Å². The molecule has 0 atom stereocenters. The number of nitrogens with zero attached hydrogens (tertiary/aromatic N) is 3. The fraction of sp³-hybridized carbons (Fsp3) is 0.200. The van der Waals surface area contributed by atoms with E-state index in [1.165, 1.54) is 17.4 Å². The summed E-state index contributed by atoms with van der Waals surface area (Å²) in [6.07, 6.45) is 3.32. The second-order valence-corrected chi connectivity index (χ2v) is 4.43. The number of anilines is 1. The Bertz CT molecular complexity index is 527. The minimum atomic E-state index is -0.436. The molecular weight excluding hydrogens is 240 g/mol. The maximum atomic E-state index is 10.9. The number of aromatic nitrogens is 2. The van der Waals surface area contributed by atoms with Gasteiger partial charge < -0.3 is 5.32 Å². The maximum absolute atomic E-state index is 10.9. The van der Waals surface area contributed by atoms with Crippen molar-refractivity contribution in [1.29, 1.82) is 0 Å². The number of hydrogen-bond donors (Lipinski definition) is 1. The number of rotatable bonds is 4. The first-order chi connectivity index (χ1) is 8.16. The zero-order chi connectivity index (χ0) is 12.3. The molecule has 0 saturated heterocycles. The molecule has 7 heteroatoms. The Morgan fingerprint density at radius 1 is 1.53 bits per heavy atom. The van der Waals surface area contributed by atoms with E-state index in [1.54, 1.807) is 24.8 Å². The minimum absolute atomic E-state index is 0.00508. The van der Waals surface area contributed by atoms with Crippen molar-refractivity contribution in [2.45, 2.75) is 13.5 Å². The molecule has 17 heavy (non-hydrogen) atoms. The van der Waals surface area contributed by atoms with Crippen molar-refractivity contribution in [1.82, 2.24) is 9.97 Å². The summed E-state index contributed by atoms with van der Waals surface area (Å²) in [4.78, 5) is 19.4. The topological polar surface area (TPSA) is 81.0 Å². The second-order valence-electron chi connectivity index (χ2n) is 3.46. The average Bonchev–Trinajstić information content (AvgIpc) is 2.80. The molecule has 2 aromatic rings. The van der Waals surface area contributed by atoms with Gasteiger partial charge in [-0.25, -0.2) is 4.98 Å². The molecule has 0 aliphatic heterocycles. The number of pyridine rings is 1. The molecule has 2 heterocycles. The molecule has 0 saturated carbocycles. The molecule has 0 aliphatic carbocycles. The van der Waals surface area contributed by atoms with Gasteiger partial charge >= 0.3 is 5.69 Å². The summed E-state index contributed by atoms with van der Waals surface area (Å²) in [6, 6.07) is 1.50. The van der Waals surface area contributed by atoms with Gasteiger partial charge in [0.05, 0.1) is 17.0 Å². The van der Waals surface area contributed by atoms with E-state index in [9.17, 15) is 10.1 Å². The van der Waals surface area contributed by atoms with E-state index in [1.807, 2.05) is 0 Å². The molecule has 0 aliphatic rings. The first kappa shape index (κ1) is 11.5. The van der Waals surface area contributed by atoms with Crippen LogP contribution in [0.15, 0.2) is 24.0 Å². The summed E-state index contributed by atoms with van der Waals surface area (Å²) < 4.78 is 0. The first-order valence-corrected chi connectivity index (χ1v) is 5.77. The molecule has 0 aromatic carbocycles. The smallest absolute Gasteiger partial charge is 0.311 e. The standard InChI is InChI=1S/C10H10N4O2S/c1-7-2-9(14(15)16)10(12-3-7)13-5-8-4-11-6-17-8/h2-4,6H,5H2,1H3,(H,12,13). The van der Waals surface area contributed by atoms with Crippen LogP contribution in [0, 0.1) is 17.0 Å². The molecular formula is C10H10N4O2S. The lowest BCUT2D eigenvalue weighted by Gasteiger charge is -2.04. The van der Waals surface area contributed by atoms with Gasteiger partial charge in [-0.15, -0.1) is 11.3 Å². The molecule has 1 N–H and O–H groups in total. The molecule has 0 spiro atoms. The summed E-state index contributed by atoms with van der Waals surface area (Å²) in [5, 5.41) is 13.8. The molecule has 2 aromatic heterocycles. The molecule has 88 valence electrons. The highest BCUT2D eigenvalue weighted by atomic mass is 32.1. The fourth-order valence-corrected chi connectivity index (χ4v) is 1.86. The number of nitro groups is 1. The zero-order valence-corrected chi connectivity index (χ0v) is 9.90. The Hall–Kier alpha value is -2.02. The van der Waals surface area contributed by atoms with Gasteiger partial charge in [-0.3, -0.25) is 15.1 Å². The van der Waals surface area contributed by atoms with E-state index < -0.39 is 4.92 Å². The van der Waals surface area contributed by atoms with Crippen LogP contribution in [0.3, 0.4) is 0 Å². The molecule has 0 radical (unpaired) electrons. The highest BCUT2D eigenvalue weighted by Crippen LogP contribution is 2.23. The van der Waals surface area contributed by atoms with Crippen LogP contribution in [-0.4, -0.2) is 14.9 Å². The highest BCUT2D eigenvalue weighted by Gasteiger charge is 2.15. The van der Waals surface area contributed by atoms with Gasteiger partial charge in [0.25, 0.3) is 0 Å². The summed E-state index contributed by atoms with van der Waals surface area (Å²) in [6.45, 7) is 2.26. The van der Waals surface area contributed by atoms with Crippen LogP contribution >= 0.6 is 11.3 Å². The van der Waals surface area contributed by atoms with Crippen LogP contribution in [0.25, 0.3) is 0 Å². The lowest BCUT2D eigenvalue weighted by Crippen LogP contribution is -2.04. The number of hydrogen-bond acceptors (Lipinski definition) is 6. The summed E-state index contributed by atoms with van der Waals surface area (Å²) in [5.74, 6) is 0.286. The average molecular weight is 250 g/mol. The third kappa shape index (κ3) is 2.76. The zero-order valence-electron chi connectivity index (χ0n) is 9.08. The van der Waals surface area contributed by atoms with Crippen molar-refractivity contribution in [2.24, 2.45) is 0 Å². The Balaban J connectivity index is 2.17. The molecule has 0 amide bonds. The van der Waals surface area contributed by atoms with Gasteiger partial charge in [0.15, 0.2) is 0 Å². The maximum Gasteiger partial charge on any atom is 0.311 e. The third-order valence-electron chi connectivity index (χ3n) is 2.11. The van der Waals surface area contributed by atoms with Gasteiger partial charge in [-0.2, -0.15) is 0 Å². The minimum Gasteiger partial charge on any atom is -0.359 e. The van der Waals surface area contributed by atoms with Crippen LogP contribution in [0.1, 0.15) is 10.4 Å². The normalized spacial score (nSPS) is 10.2. The van der Waals surface area contributed by atoms with Gasteiger partial charge in [0, 0.05) is 23.3 Å². The number of thiazole rings is 1. The second kappa shape index (κ2) is 4.88. The van der Waals surface area contributed by atoms with Crippen LogP contribution in [0.5, 0.6) is 0 Å². The SMILES string of the molecule is Cc1cnc(NCc2cncs2)c([N+](=O)[O-])c1.